The Morgan fingerprint density at radius 2 is 1.65 bits per heavy atom. The maximum Gasteiger partial charge on any atom is 0.317 e. The van der Waals surface area contributed by atoms with Crippen molar-refractivity contribution in [1.82, 2.24) is 19.4 Å². The first-order valence-electron chi connectivity index (χ1n) is 16.9. The van der Waals surface area contributed by atoms with Gasteiger partial charge in [0, 0.05) is 52.4 Å². The normalized spacial score (nSPS) is 22.5. The van der Waals surface area contributed by atoms with Gasteiger partial charge in [0.2, 0.25) is 10.0 Å². The molecular formula is C35H58N4O3S. The quantitative estimate of drug-likeness (QED) is 0.188. The lowest BCUT2D eigenvalue weighted by atomic mass is 9.49. The number of urea groups is 1. The molecule has 1 aliphatic heterocycles. The summed E-state index contributed by atoms with van der Waals surface area (Å²) in [5.41, 5.74) is 2.87. The molecule has 1 aromatic rings. The Morgan fingerprint density at radius 1 is 1.00 bits per heavy atom. The molecule has 1 saturated heterocycles. The molecule has 43 heavy (non-hydrogen) atoms. The highest BCUT2D eigenvalue weighted by Crippen LogP contribution is 2.59. The van der Waals surface area contributed by atoms with Crippen molar-refractivity contribution in [1.29, 1.82) is 0 Å². The third-order valence-electron chi connectivity index (χ3n) is 10.4. The van der Waals surface area contributed by atoms with E-state index in [1.165, 1.54) is 37.7 Å². The van der Waals surface area contributed by atoms with E-state index < -0.39 is 10.0 Å². The van der Waals surface area contributed by atoms with Crippen LogP contribution < -0.4 is 5.32 Å². The van der Waals surface area contributed by atoms with Crippen LogP contribution >= 0.6 is 0 Å². The van der Waals surface area contributed by atoms with E-state index in [-0.39, 0.29) is 11.4 Å². The topological polar surface area (TPSA) is 73.0 Å². The Kier molecular flexibility index (Phi) is 11.4. The number of sulfonamides is 1. The number of fused-ring (bicyclic) bond motifs is 1. The highest BCUT2D eigenvalue weighted by atomic mass is 32.2. The Balaban J connectivity index is 1.30. The van der Waals surface area contributed by atoms with Gasteiger partial charge in [-0.3, -0.25) is 4.90 Å². The number of carbonyl (C=O) groups excluding carboxylic acids is 1. The minimum atomic E-state index is -3.52. The van der Waals surface area contributed by atoms with Crippen LogP contribution in [0.25, 0.3) is 0 Å². The van der Waals surface area contributed by atoms with Crippen LogP contribution in [-0.4, -0.2) is 80.9 Å². The molecule has 0 radical (unpaired) electrons. The minimum Gasteiger partial charge on any atom is -0.338 e. The highest BCUT2D eigenvalue weighted by Gasteiger charge is 2.51. The number of nitrogens with zero attached hydrogens (tertiary/aromatic N) is 3. The van der Waals surface area contributed by atoms with Gasteiger partial charge in [-0.1, -0.05) is 97.4 Å². The Morgan fingerprint density at radius 3 is 2.26 bits per heavy atom. The van der Waals surface area contributed by atoms with Gasteiger partial charge in [0.05, 0.1) is 4.90 Å². The molecule has 2 atom stereocenters. The van der Waals surface area contributed by atoms with Gasteiger partial charge in [-0.2, -0.15) is 4.31 Å². The number of hydrogen-bond donors (Lipinski definition) is 1. The van der Waals surface area contributed by atoms with Gasteiger partial charge in [0.1, 0.15) is 0 Å². The maximum absolute atomic E-state index is 13.4. The highest BCUT2D eigenvalue weighted by molar-refractivity contribution is 7.89. The molecule has 1 saturated carbocycles. The van der Waals surface area contributed by atoms with Crippen molar-refractivity contribution >= 4 is 16.1 Å². The summed E-state index contributed by atoms with van der Waals surface area (Å²) in [5.74, 6) is 1.35. The van der Waals surface area contributed by atoms with E-state index in [1.54, 1.807) is 16.4 Å². The molecule has 1 heterocycles. The summed E-state index contributed by atoms with van der Waals surface area (Å²) in [6.45, 7) is 18.5. The Hall–Kier alpha value is -1.90. The fourth-order valence-electron chi connectivity index (χ4n) is 7.07. The molecule has 1 N–H and O–H groups in total. The summed E-state index contributed by atoms with van der Waals surface area (Å²) < 4.78 is 28.3. The second-order valence-corrected chi connectivity index (χ2v) is 16.7. The summed E-state index contributed by atoms with van der Waals surface area (Å²) in [6.07, 6.45) is 12.0. The lowest BCUT2D eigenvalue weighted by Crippen LogP contribution is -2.53. The second-order valence-electron chi connectivity index (χ2n) is 14.8. The number of allylic oxidation sites excluding steroid dienone is 1. The van der Waals surface area contributed by atoms with Crippen molar-refractivity contribution in [2.45, 2.75) is 103 Å². The van der Waals surface area contributed by atoms with Gasteiger partial charge in [0.15, 0.2) is 0 Å². The maximum atomic E-state index is 13.4. The molecule has 2 bridgehead atoms. The standard InChI is InChI=1S/C35H58N4O3S/c1-7-8-9-10-11-12-19-36-33(40)38(27-28-13-14-30-26-32(28)35(30,5)6)23-20-37-21-24-39(25-22-37)43(41,42)31-17-15-29(16-18-31)34(2,3)4/h13,15-18,30,32H,7-12,14,19-27H2,1-6H3,(H,36,40). The lowest BCUT2D eigenvalue weighted by Gasteiger charge is -2.57. The molecule has 2 unspecified atom stereocenters. The first-order chi connectivity index (χ1) is 20.3. The summed E-state index contributed by atoms with van der Waals surface area (Å²) in [7, 11) is -3.52. The monoisotopic (exact) mass is 614 g/mol. The molecule has 4 aliphatic rings. The van der Waals surface area contributed by atoms with E-state index in [9.17, 15) is 13.2 Å². The van der Waals surface area contributed by atoms with E-state index in [2.05, 4.69) is 57.8 Å². The van der Waals surface area contributed by atoms with Gasteiger partial charge >= 0.3 is 6.03 Å². The first kappa shape index (κ1) is 34.0. The molecule has 8 heteroatoms. The van der Waals surface area contributed by atoms with Crippen LogP contribution in [0.4, 0.5) is 4.79 Å². The first-order valence-corrected chi connectivity index (χ1v) is 18.3. The van der Waals surface area contributed by atoms with Crippen molar-refractivity contribution in [2.24, 2.45) is 17.3 Å². The van der Waals surface area contributed by atoms with Crippen molar-refractivity contribution < 1.29 is 13.2 Å². The van der Waals surface area contributed by atoms with Gasteiger partial charge < -0.3 is 10.2 Å². The number of unbranched alkanes of at least 4 members (excludes halogenated alkanes) is 5. The fourth-order valence-corrected chi connectivity index (χ4v) is 8.49. The van der Waals surface area contributed by atoms with Gasteiger partial charge in [0.25, 0.3) is 0 Å². The van der Waals surface area contributed by atoms with Crippen LogP contribution in [-0.2, 0) is 15.4 Å². The molecule has 0 spiro atoms. The second kappa shape index (κ2) is 14.5. The number of carbonyl (C=O) groups is 1. The third kappa shape index (κ3) is 8.43. The number of rotatable bonds is 14. The lowest BCUT2D eigenvalue weighted by molar-refractivity contribution is -0.00981. The van der Waals surface area contributed by atoms with Crippen LogP contribution in [0.5, 0.6) is 0 Å². The van der Waals surface area contributed by atoms with Crippen LogP contribution in [0.2, 0.25) is 0 Å². The molecule has 7 nitrogen and oxygen atoms in total. The van der Waals surface area contributed by atoms with Crippen LogP contribution in [0.1, 0.15) is 98.5 Å². The van der Waals surface area contributed by atoms with E-state index in [0.29, 0.717) is 55.5 Å². The molecule has 5 rings (SSSR count). The average molecular weight is 615 g/mol. The number of nitrogens with one attached hydrogen (secondary N) is 1. The van der Waals surface area contributed by atoms with Gasteiger partial charge in [-0.25, -0.2) is 13.2 Å². The van der Waals surface area contributed by atoms with Crippen molar-refractivity contribution in [3.05, 3.63) is 41.5 Å². The van der Waals surface area contributed by atoms with Gasteiger partial charge in [-0.15, -0.1) is 0 Å². The van der Waals surface area contributed by atoms with E-state index >= 15 is 0 Å². The Labute approximate surface area is 262 Å². The summed E-state index contributed by atoms with van der Waals surface area (Å²) >= 11 is 0. The van der Waals surface area contributed by atoms with Crippen molar-refractivity contribution in [3.8, 4) is 0 Å². The van der Waals surface area contributed by atoms with Crippen molar-refractivity contribution in [3.63, 3.8) is 0 Å². The average Bonchev–Trinajstić information content (AvgIpc) is 2.98. The van der Waals surface area contributed by atoms with Crippen LogP contribution in [0.3, 0.4) is 0 Å². The van der Waals surface area contributed by atoms with E-state index in [1.807, 2.05) is 17.0 Å². The zero-order chi connectivity index (χ0) is 31.3. The predicted molar refractivity (Wildman–Crippen MR) is 177 cm³/mol. The molecule has 242 valence electrons. The number of piperazine rings is 1. The predicted octanol–water partition coefficient (Wildman–Crippen LogP) is 6.65. The van der Waals surface area contributed by atoms with Crippen LogP contribution in [0, 0.1) is 17.3 Å². The molecule has 2 amide bonds. The summed E-state index contributed by atoms with van der Waals surface area (Å²) in [6, 6.07) is 7.39. The third-order valence-corrected chi connectivity index (χ3v) is 12.3. The minimum absolute atomic E-state index is 0.0169. The molecule has 3 aliphatic carbocycles. The fraction of sp³-hybridized carbons (Fsp3) is 0.743. The molecule has 2 fully saturated rings. The van der Waals surface area contributed by atoms with E-state index in [0.717, 1.165) is 43.8 Å². The van der Waals surface area contributed by atoms with Crippen LogP contribution in [0.15, 0.2) is 40.8 Å². The molecular weight excluding hydrogens is 556 g/mol. The molecule has 0 aromatic heterocycles. The SMILES string of the molecule is CCCCCCCCNC(=O)N(CCN1CCN(S(=O)(=O)c2ccc(C(C)(C)C)cc2)CC1)CC1=CCC2CC1C2(C)C. The molecule has 1 aromatic carbocycles. The number of hydrogen-bond acceptors (Lipinski definition) is 4. The zero-order valence-corrected chi connectivity index (χ0v) is 28.6. The largest absolute Gasteiger partial charge is 0.338 e. The Bertz CT molecular complexity index is 1190. The summed E-state index contributed by atoms with van der Waals surface area (Å²) in [4.78, 5) is 18.1. The summed E-state index contributed by atoms with van der Waals surface area (Å²) in [5, 5.41) is 3.21. The number of benzene rings is 1. The zero-order valence-electron chi connectivity index (χ0n) is 27.8. The van der Waals surface area contributed by atoms with Gasteiger partial charge in [-0.05, 0) is 59.6 Å². The smallest absolute Gasteiger partial charge is 0.317 e. The van der Waals surface area contributed by atoms with Crippen molar-refractivity contribution in [2.75, 3.05) is 52.4 Å². The van der Waals surface area contributed by atoms with E-state index in [4.69, 9.17) is 0 Å². The number of amides is 2.